The van der Waals surface area contributed by atoms with Crippen LogP contribution < -0.4 is 0 Å². The van der Waals surface area contributed by atoms with E-state index in [1.165, 1.54) is 7.11 Å². The van der Waals surface area contributed by atoms with Crippen molar-refractivity contribution >= 4 is 17.7 Å². The quantitative estimate of drug-likeness (QED) is 0.488. The lowest BCUT2D eigenvalue weighted by Gasteiger charge is -2.66. The molecule has 7 nitrogen and oxygen atoms in total. The Bertz CT molecular complexity index is 949. The Hall–Kier alpha value is -1.73. The number of rotatable bonds is 4. The summed E-state index contributed by atoms with van der Waals surface area (Å²) in [5.41, 5.74) is -6.66. The number of cyclic esters (lactones) is 1. The number of esters is 2. The largest absolute Gasteiger partial charge is 0.469 e. The lowest BCUT2D eigenvalue weighted by molar-refractivity contribution is -0.205. The van der Waals surface area contributed by atoms with E-state index in [9.17, 15) is 24.6 Å². The van der Waals surface area contributed by atoms with Gasteiger partial charge in [-0.25, -0.2) is 0 Å². The van der Waals surface area contributed by atoms with Crippen LogP contribution in [0.1, 0.15) is 73.6 Å². The van der Waals surface area contributed by atoms with E-state index in [1.54, 1.807) is 27.7 Å². The number of hydrogen-bond donors (Lipinski definition) is 2. The molecule has 3 saturated carbocycles. The molecule has 8 atom stereocenters. The predicted octanol–water partition coefficient (Wildman–Crippen LogP) is 2.96. The number of methoxy groups -OCH3 is 1. The molecule has 4 rings (SSSR count). The zero-order valence-corrected chi connectivity index (χ0v) is 20.9. The maximum Gasteiger partial charge on any atom is 0.320 e. The van der Waals surface area contributed by atoms with Crippen molar-refractivity contribution in [2.24, 2.45) is 33.5 Å². The Balaban J connectivity index is 1.97. The fourth-order valence-electron chi connectivity index (χ4n) is 8.92. The fourth-order valence-corrected chi connectivity index (χ4v) is 8.92. The van der Waals surface area contributed by atoms with Crippen molar-refractivity contribution in [1.82, 2.24) is 0 Å². The Morgan fingerprint density at radius 2 is 1.88 bits per heavy atom. The average molecular weight is 463 g/mol. The number of fused-ring (bicyclic) bond motifs is 2. The van der Waals surface area contributed by atoms with Crippen LogP contribution in [0.5, 0.6) is 0 Å². The van der Waals surface area contributed by atoms with Crippen LogP contribution in [-0.4, -0.2) is 52.4 Å². The normalized spacial score (nSPS) is 48.9. The van der Waals surface area contributed by atoms with Crippen molar-refractivity contribution in [3.63, 3.8) is 0 Å². The van der Waals surface area contributed by atoms with Gasteiger partial charge in [0.2, 0.25) is 0 Å². The minimum absolute atomic E-state index is 0.163. The van der Waals surface area contributed by atoms with Gasteiger partial charge in [-0.2, -0.15) is 0 Å². The number of ether oxygens (including phenoxy) is 2. The van der Waals surface area contributed by atoms with Crippen LogP contribution >= 0.6 is 0 Å². The Morgan fingerprint density at radius 1 is 1.27 bits per heavy atom. The summed E-state index contributed by atoms with van der Waals surface area (Å²) in [6.45, 7) is 15.2. The van der Waals surface area contributed by atoms with E-state index in [-0.39, 0.29) is 24.2 Å². The average Bonchev–Trinajstić information content (AvgIpc) is 2.97. The second-order valence-electron chi connectivity index (χ2n) is 12.2. The first-order chi connectivity index (χ1) is 15.0. The third-order valence-corrected chi connectivity index (χ3v) is 10.4. The van der Waals surface area contributed by atoms with Crippen molar-refractivity contribution in [1.29, 1.82) is 0 Å². The van der Waals surface area contributed by atoms with E-state index < -0.39 is 50.7 Å². The summed E-state index contributed by atoms with van der Waals surface area (Å²) < 4.78 is 10.5. The predicted molar refractivity (Wildman–Crippen MR) is 120 cm³/mol. The van der Waals surface area contributed by atoms with E-state index in [2.05, 4.69) is 13.5 Å². The van der Waals surface area contributed by atoms with Crippen molar-refractivity contribution in [2.75, 3.05) is 7.11 Å². The van der Waals surface area contributed by atoms with Gasteiger partial charge in [0, 0.05) is 6.42 Å². The summed E-state index contributed by atoms with van der Waals surface area (Å²) >= 11 is 0. The van der Waals surface area contributed by atoms with Crippen LogP contribution in [0.15, 0.2) is 12.2 Å². The summed E-state index contributed by atoms with van der Waals surface area (Å²) in [7, 11) is 1.35. The lowest BCUT2D eigenvalue weighted by atomic mass is 9.36. The van der Waals surface area contributed by atoms with E-state index in [4.69, 9.17) is 9.47 Å². The SMILES string of the molecule is C=C1C2(C)CC3C(C)(CCC(=O)OC)C(C(C)(C)O)CCC3(C)C13C(=O)OC(C)C3(O)C2=O. The summed E-state index contributed by atoms with van der Waals surface area (Å²) in [5, 5.41) is 23.2. The standard InChI is InChI=1S/C26H38O7/c1-14-23(6)13-17-22(5,11-10-18(27)32-8)16(21(3,4)30)9-12-24(17,7)25(14)20(29)33-15(2)26(25,31)19(23)28/h15-17,30-31H,1,9-13H2,2-8H3. The molecule has 3 aliphatic carbocycles. The maximum absolute atomic E-state index is 13.9. The molecule has 33 heavy (non-hydrogen) atoms. The number of aliphatic hydroxyl groups is 2. The Morgan fingerprint density at radius 3 is 2.42 bits per heavy atom. The molecule has 1 spiro atoms. The van der Waals surface area contributed by atoms with Gasteiger partial charge in [-0.1, -0.05) is 20.4 Å². The number of carbonyl (C=O) groups is 3. The molecule has 2 bridgehead atoms. The minimum atomic E-state index is -1.98. The summed E-state index contributed by atoms with van der Waals surface area (Å²) in [5.74, 6) is -1.75. The molecule has 0 radical (unpaired) electrons. The first-order valence-corrected chi connectivity index (χ1v) is 12.0. The van der Waals surface area contributed by atoms with Crippen LogP contribution in [0.4, 0.5) is 0 Å². The molecule has 8 unspecified atom stereocenters. The van der Waals surface area contributed by atoms with Crippen LogP contribution in [-0.2, 0) is 23.9 Å². The molecule has 1 aliphatic heterocycles. The molecule has 1 heterocycles. The first kappa shape index (κ1) is 24.4. The third kappa shape index (κ3) is 2.45. The fraction of sp³-hybridized carbons (Fsp3) is 0.808. The van der Waals surface area contributed by atoms with Crippen molar-refractivity contribution in [3.05, 3.63) is 12.2 Å². The molecule has 4 aliphatic rings. The summed E-state index contributed by atoms with van der Waals surface area (Å²) in [4.78, 5) is 39.7. The molecule has 1 saturated heterocycles. The topological polar surface area (TPSA) is 110 Å². The highest BCUT2D eigenvalue weighted by Gasteiger charge is 2.89. The molecule has 0 aromatic carbocycles. The van der Waals surface area contributed by atoms with Crippen LogP contribution in [0, 0.1) is 33.5 Å². The maximum atomic E-state index is 13.9. The van der Waals surface area contributed by atoms with Crippen LogP contribution in [0.25, 0.3) is 0 Å². The number of Topliss-reactive ketones (excluding diaryl/α,β-unsaturated/α-hetero) is 1. The third-order valence-electron chi connectivity index (χ3n) is 10.4. The van der Waals surface area contributed by atoms with Gasteiger partial charge in [0.1, 0.15) is 11.5 Å². The smallest absolute Gasteiger partial charge is 0.320 e. The molecule has 0 aromatic rings. The van der Waals surface area contributed by atoms with E-state index in [0.29, 0.717) is 31.3 Å². The van der Waals surface area contributed by atoms with Gasteiger partial charge in [-0.15, -0.1) is 0 Å². The highest BCUT2D eigenvalue weighted by Crippen LogP contribution is 2.80. The van der Waals surface area contributed by atoms with Gasteiger partial charge in [0.25, 0.3) is 0 Å². The molecule has 2 N–H and O–H groups in total. The first-order valence-electron chi connectivity index (χ1n) is 12.0. The highest BCUT2D eigenvalue weighted by molar-refractivity contribution is 6.10. The Kier molecular flexibility index (Phi) is 4.94. The number of ketones is 1. The Labute approximate surface area is 195 Å². The van der Waals surface area contributed by atoms with Crippen LogP contribution in [0.3, 0.4) is 0 Å². The van der Waals surface area contributed by atoms with E-state index >= 15 is 0 Å². The highest BCUT2D eigenvalue weighted by atomic mass is 16.6. The van der Waals surface area contributed by atoms with Gasteiger partial charge >= 0.3 is 11.9 Å². The summed E-state index contributed by atoms with van der Waals surface area (Å²) in [6, 6.07) is 0. The molecule has 0 aromatic heterocycles. The zero-order valence-electron chi connectivity index (χ0n) is 20.9. The van der Waals surface area contributed by atoms with E-state index in [0.717, 1.165) is 0 Å². The molecular weight excluding hydrogens is 424 g/mol. The van der Waals surface area contributed by atoms with Gasteiger partial charge in [-0.3, -0.25) is 14.4 Å². The second-order valence-corrected chi connectivity index (χ2v) is 12.2. The monoisotopic (exact) mass is 462 g/mol. The summed E-state index contributed by atoms with van der Waals surface area (Å²) in [6.07, 6.45) is 1.12. The van der Waals surface area contributed by atoms with Crippen molar-refractivity contribution in [2.45, 2.75) is 91.0 Å². The lowest BCUT2D eigenvalue weighted by Crippen LogP contribution is -2.67. The van der Waals surface area contributed by atoms with Crippen molar-refractivity contribution < 1.29 is 34.1 Å². The van der Waals surface area contributed by atoms with E-state index in [1.807, 2.05) is 6.92 Å². The van der Waals surface area contributed by atoms with Gasteiger partial charge in [0.15, 0.2) is 11.4 Å². The molecular formula is C26H38O7. The van der Waals surface area contributed by atoms with Gasteiger partial charge in [-0.05, 0) is 81.6 Å². The molecule has 7 heteroatoms. The van der Waals surface area contributed by atoms with Crippen molar-refractivity contribution in [3.8, 4) is 0 Å². The molecule has 184 valence electrons. The van der Waals surface area contributed by atoms with Gasteiger partial charge < -0.3 is 19.7 Å². The number of hydrogen-bond acceptors (Lipinski definition) is 7. The molecule has 0 amide bonds. The second kappa shape index (κ2) is 6.69. The molecule has 4 fully saturated rings. The number of carbonyl (C=O) groups excluding carboxylic acids is 3. The zero-order chi connectivity index (χ0) is 25.0. The van der Waals surface area contributed by atoms with Crippen LogP contribution in [0.2, 0.25) is 0 Å². The minimum Gasteiger partial charge on any atom is -0.469 e. The van der Waals surface area contributed by atoms with Gasteiger partial charge in [0.05, 0.1) is 18.1 Å².